The maximum atomic E-state index is 10.6. The van der Waals surface area contributed by atoms with Crippen molar-refractivity contribution in [3.8, 4) is 0 Å². The summed E-state index contributed by atoms with van der Waals surface area (Å²) in [6.45, 7) is 1.87. The van der Waals surface area contributed by atoms with Gasteiger partial charge in [-0.15, -0.1) is 0 Å². The number of carbonyl (C=O) groups is 1. The molecule has 3 nitrogen and oxygen atoms in total. The minimum Gasteiger partial charge on any atom is -0.481 e. The van der Waals surface area contributed by atoms with E-state index in [9.17, 15) is 4.79 Å². The lowest BCUT2D eigenvalue weighted by atomic mass is 9.75. The molecule has 0 aromatic carbocycles. The number of aliphatic carboxylic acids is 1. The van der Waals surface area contributed by atoms with E-state index in [0.29, 0.717) is 5.92 Å². The van der Waals surface area contributed by atoms with E-state index in [4.69, 9.17) is 10.8 Å². The highest BCUT2D eigenvalue weighted by atomic mass is 16.4. The molecule has 0 aromatic rings. The Labute approximate surface area is 79.3 Å². The highest BCUT2D eigenvalue weighted by Gasteiger charge is 2.32. The van der Waals surface area contributed by atoms with Gasteiger partial charge in [0.15, 0.2) is 0 Å². The Bertz CT molecular complexity index is 183. The Balaban J connectivity index is 2.50. The van der Waals surface area contributed by atoms with Gasteiger partial charge in [0.25, 0.3) is 0 Å². The molecular weight excluding hydrogens is 166 g/mol. The van der Waals surface area contributed by atoms with Crippen molar-refractivity contribution in [3.05, 3.63) is 0 Å². The molecule has 1 fully saturated rings. The lowest BCUT2D eigenvalue weighted by Gasteiger charge is -2.35. The Morgan fingerprint density at radius 3 is 2.46 bits per heavy atom. The third kappa shape index (κ3) is 2.99. The van der Waals surface area contributed by atoms with E-state index in [-0.39, 0.29) is 6.42 Å². The maximum Gasteiger partial charge on any atom is 0.305 e. The van der Waals surface area contributed by atoms with Crippen LogP contribution >= 0.6 is 0 Å². The zero-order valence-electron chi connectivity index (χ0n) is 8.25. The van der Waals surface area contributed by atoms with Crippen molar-refractivity contribution in [2.24, 2.45) is 11.7 Å². The third-order valence-corrected chi connectivity index (χ3v) is 3.07. The van der Waals surface area contributed by atoms with Crippen LogP contribution in [0.5, 0.6) is 0 Å². The molecule has 1 unspecified atom stereocenters. The van der Waals surface area contributed by atoms with Gasteiger partial charge in [0.05, 0.1) is 6.42 Å². The zero-order valence-corrected chi connectivity index (χ0v) is 8.25. The smallest absolute Gasteiger partial charge is 0.305 e. The van der Waals surface area contributed by atoms with Crippen LogP contribution in [0.15, 0.2) is 0 Å². The average molecular weight is 185 g/mol. The molecule has 3 N–H and O–H groups in total. The molecule has 1 aliphatic rings. The second-order valence-electron chi connectivity index (χ2n) is 4.41. The van der Waals surface area contributed by atoms with Crippen LogP contribution in [0.25, 0.3) is 0 Å². The van der Waals surface area contributed by atoms with Gasteiger partial charge in [-0.3, -0.25) is 4.79 Å². The first-order valence-corrected chi connectivity index (χ1v) is 5.03. The first-order valence-electron chi connectivity index (χ1n) is 5.03. The largest absolute Gasteiger partial charge is 0.481 e. The number of carboxylic acid groups (broad SMARTS) is 1. The van der Waals surface area contributed by atoms with Gasteiger partial charge in [-0.1, -0.05) is 19.3 Å². The van der Waals surface area contributed by atoms with Crippen LogP contribution in [-0.4, -0.2) is 16.6 Å². The summed E-state index contributed by atoms with van der Waals surface area (Å²) in [6.07, 6.45) is 5.98. The predicted octanol–water partition coefficient (Wildman–Crippen LogP) is 1.76. The van der Waals surface area contributed by atoms with Gasteiger partial charge in [-0.05, 0) is 25.7 Å². The van der Waals surface area contributed by atoms with Crippen LogP contribution in [0.1, 0.15) is 45.4 Å². The fourth-order valence-corrected chi connectivity index (χ4v) is 2.23. The summed E-state index contributed by atoms with van der Waals surface area (Å²) in [4.78, 5) is 10.6. The van der Waals surface area contributed by atoms with Crippen LogP contribution < -0.4 is 5.73 Å². The highest BCUT2D eigenvalue weighted by Crippen LogP contribution is 2.32. The van der Waals surface area contributed by atoms with Crippen molar-refractivity contribution < 1.29 is 9.90 Å². The molecule has 76 valence electrons. The SMILES string of the molecule is CC(N)(CC(=O)O)C1CCCCC1. The van der Waals surface area contributed by atoms with Crippen molar-refractivity contribution in [1.82, 2.24) is 0 Å². The predicted molar refractivity (Wildman–Crippen MR) is 51.4 cm³/mol. The van der Waals surface area contributed by atoms with Gasteiger partial charge in [0.2, 0.25) is 0 Å². The maximum absolute atomic E-state index is 10.6. The number of carboxylic acids is 1. The summed E-state index contributed by atoms with van der Waals surface area (Å²) in [5.41, 5.74) is 5.50. The van der Waals surface area contributed by atoms with E-state index < -0.39 is 11.5 Å². The lowest BCUT2D eigenvalue weighted by Crippen LogP contribution is -2.46. The molecule has 0 saturated heterocycles. The van der Waals surface area contributed by atoms with Crippen LogP contribution in [0.2, 0.25) is 0 Å². The lowest BCUT2D eigenvalue weighted by molar-refractivity contribution is -0.138. The Hall–Kier alpha value is -0.570. The summed E-state index contributed by atoms with van der Waals surface area (Å²) in [7, 11) is 0. The minimum atomic E-state index is -0.782. The summed E-state index contributed by atoms with van der Waals surface area (Å²) in [6, 6.07) is 0. The first-order chi connectivity index (χ1) is 6.02. The van der Waals surface area contributed by atoms with Gasteiger partial charge in [0, 0.05) is 5.54 Å². The quantitative estimate of drug-likeness (QED) is 0.704. The fourth-order valence-electron chi connectivity index (χ4n) is 2.23. The summed E-state index contributed by atoms with van der Waals surface area (Å²) >= 11 is 0. The molecule has 1 rings (SSSR count). The summed E-state index contributed by atoms with van der Waals surface area (Å²) in [5.74, 6) is -0.382. The molecule has 0 radical (unpaired) electrons. The molecule has 0 aromatic heterocycles. The molecule has 1 aliphatic carbocycles. The topological polar surface area (TPSA) is 63.3 Å². The molecule has 0 spiro atoms. The van der Waals surface area contributed by atoms with Gasteiger partial charge < -0.3 is 10.8 Å². The molecule has 0 heterocycles. The van der Waals surface area contributed by atoms with E-state index in [1.54, 1.807) is 0 Å². The van der Waals surface area contributed by atoms with Gasteiger partial charge >= 0.3 is 5.97 Å². The second-order valence-corrected chi connectivity index (χ2v) is 4.41. The highest BCUT2D eigenvalue weighted by molar-refractivity contribution is 5.68. The monoisotopic (exact) mass is 185 g/mol. The van der Waals surface area contributed by atoms with E-state index in [0.717, 1.165) is 12.8 Å². The van der Waals surface area contributed by atoms with Crippen LogP contribution in [0.4, 0.5) is 0 Å². The number of hydrogen-bond donors (Lipinski definition) is 2. The van der Waals surface area contributed by atoms with Crippen LogP contribution in [-0.2, 0) is 4.79 Å². The van der Waals surface area contributed by atoms with Crippen molar-refractivity contribution in [2.75, 3.05) is 0 Å². The molecule has 0 bridgehead atoms. The van der Waals surface area contributed by atoms with Gasteiger partial charge in [-0.2, -0.15) is 0 Å². The normalized spacial score (nSPS) is 23.8. The van der Waals surface area contributed by atoms with Crippen molar-refractivity contribution in [3.63, 3.8) is 0 Å². The Kier molecular flexibility index (Phi) is 3.31. The molecule has 1 atom stereocenters. The average Bonchev–Trinajstić information content (AvgIpc) is 2.04. The molecular formula is C10H19NO2. The fraction of sp³-hybridized carbons (Fsp3) is 0.900. The van der Waals surface area contributed by atoms with E-state index in [2.05, 4.69) is 0 Å². The van der Waals surface area contributed by atoms with E-state index >= 15 is 0 Å². The zero-order chi connectivity index (χ0) is 9.90. The van der Waals surface area contributed by atoms with Gasteiger partial charge in [-0.25, -0.2) is 0 Å². The Morgan fingerprint density at radius 1 is 1.46 bits per heavy atom. The third-order valence-electron chi connectivity index (χ3n) is 3.07. The van der Waals surface area contributed by atoms with Gasteiger partial charge in [0.1, 0.15) is 0 Å². The minimum absolute atomic E-state index is 0.0949. The number of rotatable bonds is 3. The molecule has 3 heteroatoms. The van der Waals surface area contributed by atoms with Crippen LogP contribution in [0, 0.1) is 5.92 Å². The van der Waals surface area contributed by atoms with Crippen molar-refractivity contribution in [1.29, 1.82) is 0 Å². The molecule has 13 heavy (non-hydrogen) atoms. The standard InChI is InChI=1S/C10H19NO2/c1-10(11,7-9(12)13)8-5-3-2-4-6-8/h8H,2-7,11H2,1H3,(H,12,13). The number of nitrogens with two attached hydrogens (primary N) is 1. The summed E-state index contributed by atoms with van der Waals surface area (Å²) in [5, 5.41) is 8.70. The molecule has 0 aliphatic heterocycles. The van der Waals surface area contributed by atoms with Crippen LogP contribution in [0.3, 0.4) is 0 Å². The van der Waals surface area contributed by atoms with E-state index in [1.165, 1.54) is 19.3 Å². The Morgan fingerprint density at radius 2 is 2.00 bits per heavy atom. The van der Waals surface area contributed by atoms with Crippen molar-refractivity contribution >= 4 is 5.97 Å². The first kappa shape index (κ1) is 10.5. The second kappa shape index (κ2) is 4.09. The van der Waals surface area contributed by atoms with Crippen molar-refractivity contribution in [2.45, 2.75) is 51.0 Å². The van der Waals surface area contributed by atoms with E-state index in [1.807, 2.05) is 6.92 Å². The summed E-state index contributed by atoms with van der Waals surface area (Å²) < 4.78 is 0. The molecule has 0 amide bonds. The number of hydrogen-bond acceptors (Lipinski definition) is 2. The molecule has 1 saturated carbocycles.